The highest BCUT2D eigenvalue weighted by molar-refractivity contribution is 6.30. The topological polar surface area (TPSA) is 40.8 Å². The van der Waals surface area contributed by atoms with Crippen LogP contribution in [0.4, 0.5) is 0 Å². The molecule has 5 nitrogen and oxygen atoms in total. The third kappa shape index (κ3) is 3.82. The number of carbonyl (C=O) groups is 1. The molecule has 1 amide bonds. The van der Waals surface area contributed by atoms with Gasteiger partial charge in [0, 0.05) is 43.0 Å². The highest BCUT2D eigenvalue weighted by Crippen LogP contribution is 2.29. The number of nitrogens with zero attached hydrogens (tertiary/aromatic N) is 4. The van der Waals surface area contributed by atoms with Gasteiger partial charge < -0.3 is 9.80 Å². The molecule has 5 rings (SSSR count). The SMILES string of the molecule is CN1CCN(C(=O)c2c(-c3ccc(Cl)cc3)nc3ccc(-c4ccccc4)cn23)CC1. The van der Waals surface area contributed by atoms with Crippen LogP contribution in [0.1, 0.15) is 10.5 Å². The van der Waals surface area contributed by atoms with Crippen molar-refractivity contribution in [3.05, 3.63) is 83.6 Å². The molecule has 1 fully saturated rings. The molecule has 0 spiro atoms. The number of fused-ring (bicyclic) bond motifs is 1. The molecule has 2 aromatic carbocycles. The van der Waals surface area contributed by atoms with Crippen molar-refractivity contribution in [1.29, 1.82) is 0 Å². The van der Waals surface area contributed by atoms with Crippen molar-refractivity contribution < 1.29 is 4.79 Å². The zero-order valence-corrected chi connectivity index (χ0v) is 18.1. The summed E-state index contributed by atoms with van der Waals surface area (Å²) in [5.41, 5.74) is 5.06. The molecule has 0 atom stereocenters. The number of amides is 1. The first-order valence-electron chi connectivity index (χ1n) is 10.4. The van der Waals surface area contributed by atoms with Gasteiger partial charge in [-0.15, -0.1) is 0 Å². The average molecular weight is 431 g/mol. The van der Waals surface area contributed by atoms with Crippen LogP contribution in [0.3, 0.4) is 0 Å². The van der Waals surface area contributed by atoms with Gasteiger partial charge in [0.1, 0.15) is 17.0 Å². The Labute approximate surface area is 186 Å². The van der Waals surface area contributed by atoms with Gasteiger partial charge in [-0.05, 0) is 42.4 Å². The Kier molecular flexibility index (Phi) is 5.22. The third-order valence-electron chi connectivity index (χ3n) is 5.84. The minimum Gasteiger partial charge on any atom is -0.335 e. The first-order valence-corrected chi connectivity index (χ1v) is 10.8. The Morgan fingerprint density at radius 1 is 0.839 bits per heavy atom. The summed E-state index contributed by atoms with van der Waals surface area (Å²) in [7, 11) is 2.08. The van der Waals surface area contributed by atoms with E-state index in [1.165, 1.54) is 0 Å². The normalized spacial score (nSPS) is 14.8. The molecular weight excluding hydrogens is 408 g/mol. The molecule has 31 heavy (non-hydrogen) atoms. The molecule has 0 unspecified atom stereocenters. The maximum atomic E-state index is 13.7. The molecule has 3 heterocycles. The molecule has 0 N–H and O–H groups in total. The van der Waals surface area contributed by atoms with Gasteiger partial charge >= 0.3 is 0 Å². The lowest BCUT2D eigenvalue weighted by Gasteiger charge is -2.32. The van der Waals surface area contributed by atoms with Gasteiger partial charge in [0.2, 0.25) is 0 Å². The van der Waals surface area contributed by atoms with E-state index in [-0.39, 0.29) is 5.91 Å². The van der Waals surface area contributed by atoms with E-state index >= 15 is 0 Å². The fraction of sp³-hybridized carbons (Fsp3) is 0.200. The maximum absolute atomic E-state index is 13.7. The lowest BCUT2D eigenvalue weighted by Crippen LogP contribution is -2.47. The number of aromatic nitrogens is 2. The smallest absolute Gasteiger partial charge is 0.273 e. The van der Waals surface area contributed by atoms with Crippen molar-refractivity contribution in [1.82, 2.24) is 19.2 Å². The summed E-state index contributed by atoms with van der Waals surface area (Å²) in [6.07, 6.45) is 2.01. The molecular formula is C25H23ClN4O. The van der Waals surface area contributed by atoms with Gasteiger partial charge in [0.15, 0.2) is 0 Å². The monoisotopic (exact) mass is 430 g/mol. The molecule has 0 bridgehead atoms. The zero-order valence-electron chi connectivity index (χ0n) is 17.3. The first kappa shape index (κ1) is 19.8. The quantitative estimate of drug-likeness (QED) is 0.472. The van der Waals surface area contributed by atoms with Crippen LogP contribution in [0.15, 0.2) is 72.9 Å². The summed E-state index contributed by atoms with van der Waals surface area (Å²) in [6, 6.07) is 21.7. The number of likely N-dealkylation sites (N-methyl/N-ethyl adjacent to an activating group) is 1. The summed E-state index contributed by atoms with van der Waals surface area (Å²) in [6.45, 7) is 3.16. The maximum Gasteiger partial charge on any atom is 0.273 e. The van der Waals surface area contributed by atoms with Crippen molar-refractivity contribution in [2.45, 2.75) is 0 Å². The van der Waals surface area contributed by atoms with E-state index in [0.717, 1.165) is 35.4 Å². The minimum absolute atomic E-state index is 0.00996. The van der Waals surface area contributed by atoms with Crippen LogP contribution in [-0.4, -0.2) is 58.3 Å². The number of hydrogen-bond donors (Lipinski definition) is 0. The van der Waals surface area contributed by atoms with E-state index in [9.17, 15) is 4.79 Å². The molecule has 1 aliphatic heterocycles. The number of imidazole rings is 1. The van der Waals surface area contributed by atoms with Crippen molar-refractivity contribution in [3.8, 4) is 22.4 Å². The number of piperazine rings is 1. The number of carbonyl (C=O) groups excluding carboxylic acids is 1. The number of benzene rings is 2. The van der Waals surface area contributed by atoms with Crippen molar-refractivity contribution >= 4 is 23.2 Å². The average Bonchev–Trinajstić information content (AvgIpc) is 3.19. The Morgan fingerprint density at radius 3 is 2.23 bits per heavy atom. The van der Waals surface area contributed by atoms with Gasteiger partial charge in [-0.1, -0.05) is 54.1 Å². The van der Waals surface area contributed by atoms with Crippen LogP contribution in [0.2, 0.25) is 5.02 Å². The lowest BCUT2D eigenvalue weighted by molar-refractivity contribution is 0.0658. The van der Waals surface area contributed by atoms with E-state index in [2.05, 4.69) is 24.1 Å². The highest BCUT2D eigenvalue weighted by Gasteiger charge is 2.27. The molecule has 6 heteroatoms. The van der Waals surface area contributed by atoms with Gasteiger partial charge in [0.25, 0.3) is 5.91 Å². The number of halogens is 1. The van der Waals surface area contributed by atoms with Crippen molar-refractivity contribution in [3.63, 3.8) is 0 Å². The second-order valence-electron chi connectivity index (χ2n) is 7.92. The van der Waals surface area contributed by atoms with Crippen molar-refractivity contribution in [2.75, 3.05) is 33.2 Å². The van der Waals surface area contributed by atoms with Gasteiger partial charge in [-0.2, -0.15) is 0 Å². The van der Waals surface area contributed by atoms with E-state index in [1.54, 1.807) is 0 Å². The fourth-order valence-corrected chi connectivity index (χ4v) is 4.14. The van der Waals surface area contributed by atoms with Crippen LogP contribution >= 0.6 is 11.6 Å². The molecule has 1 saturated heterocycles. The third-order valence-corrected chi connectivity index (χ3v) is 6.09. The van der Waals surface area contributed by atoms with Crippen LogP contribution in [0.25, 0.3) is 28.0 Å². The molecule has 0 radical (unpaired) electrons. The Hall–Kier alpha value is -3.15. The van der Waals surface area contributed by atoms with E-state index < -0.39 is 0 Å². The predicted molar refractivity (Wildman–Crippen MR) is 124 cm³/mol. The molecule has 0 aliphatic carbocycles. The molecule has 2 aromatic heterocycles. The van der Waals surface area contributed by atoms with Crippen molar-refractivity contribution in [2.24, 2.45) is 0 Å². The highest BCUT2D eigenvalue weighted by atomic mass is 35.5. The Bertz CT molecular complexity index is 1230. The van der Waals surface area contributed by atoms with Crippen LogP contribution in [0.5, 0.6) is 0 Å². The molecule has 0 saturated carbocycles. The Morgan fingerprint density at radius 2 is 1.52 bits per heavy atom. The zero-order chi connectivity index (χ0) is 21.4. The van der Waals surface area contributed by atoms with E-state index in [0.29, 0.717) is 29.5 Å². The summed E-state index contributed by atoms with van der Waals surface area (Å²) in [5.74, 6) is 0.00996. The Balaban J connectivity index is 1.67. The predicted octanol–water partition coefficient (Wildman–Crippen LogP) is 4.71. The van der Waals surface area contributed by atoms with Gasteiger partial charge in [0.05, 0.1) is 0 Å². The molecule has 156 valence electrons. The van der Waals surface area contributed by atoms with Gasteiger partial charge in [-0.25, -0.2) is 4.98 Å². The van der Waals surface area contributed by atoms with E-state index in [4.69, 9.17) is 16.6 Å². The largest absolute Gasteiger partial charge is 0.335 e. The lowest BCUT2D eigenvalue weighted by atomic mass is 10.1. The fourth-order valence-electron chi connectivity index (χ4n) is 4.02. The van der Waals surface area contributed by atoms with Crippen LogP contribution in [0, 0.1) is 0 Å². The second kappa shape index (κ2) is 8.17. The minimum atomic E-state index is 0.00996. The standard InChI is InChI=1S/C25H23ClN4O/c1-28-13-15-29(16-14-28)25(31)24-23(19-7-10-21(26)11-8-19)27-22-12-9-20(17-30(22)24)18-5-3-2-4-6-18/h2-12,17H,13-16H2,1H3. The summed E-state index contributed by atoms with van der Waals surface area (Å²) < 4.78 is 1.94. The summed E-state index contributed by atoms with van der Waals surface area (Å²) >= 11 is 6.10. The van der Waals surface area contributed by atoms with Crippen LogP contribution in [-0.2, 0) is 0 Å². The molecule has 4 aromatic rings. The number of pyridine rings is 1. The van der Waals surface area contributed by atoms with E-state index in [1.807, 2.05) is 70.1 Å². The summed E-state index contributed by atoms with van der Waals surface area (Å²) in [5, 5.41) is 0.658. The second-order valence-corrected chi connectivity index (χ2v) is 8.36. The first-order chi connectivity index (χ1) is 15.1. The summed E-state index contributed by atoms with van der Waals surface area (Å²) in [4.78, 5) is 22.7. The number of rotatable bonds is 3. The van der Waals surface area contributed by atoms with Crippen LogP contribution < -0.4 is 0 Å². The number of hydrogen-bond acceptors (Lipinski definition) is 3. The molecule has 1 aliphatic rings. The van der Waals surface area contributed by atoms with Gasteiger partial charge in [-0.3, -0.25) is 9.20 Å².